The fourth-order valence-electron chi connectivity index (χ4n) is 1.85. The van der Waals surface area contributed by atoms with Crippen LogP contribution in [0.1, 0.15) is 15.9 Å². The zero-order chi connectivity index (χ0) is 14.5. The molecule has 0 fully saturated rings. The number of anilines is 1. The number of nitrogens with two attached hydrogens (primary N) is 1. The lowest BCUT2D eigenvalue weighted by Gasteiger charge is -2.11. The van der Waals surface area contributed by atoms with E-state index in [0.29, 0.717) is 17.1 Å². The molecule has 0 saturated carbocycles. The van der Waals surface area contributed by atoms with Gasteiger partial charge in [-0.2, -0.15) is 0 Å². The third kappa shape index (κ3) is 3.00. The summed E-state index contributed by atoms with van der Waals surface area (Å²) in [6, 6.07) is 12.0. The number of aromatic carboxylic acids is 1. The first-order valence-electron chi connectivity index (χ1n) is 5.99. The largest absolute Gasteiger partial charge is 0.497 e. The molecule has 5 heteroatoms. The van der Waals surface area contributed by atoms with Crippen molar-refractivity contribution in [2.75, 3.05) is 12.8 Å². The van der Waals surface area contributed by atoms with Gasteiger partial charge in [-0.3, -0.25) is 0 Å². The first-order valence-corrected chi connectivity index (χ1v) is 5.99. The molecule has 0 aliphatic rings. The Labute approximate surface area is 116 Å². The minimum Gasteiger partial charge on any atom is -0.497 e. The van der Waals surface area contributed by atoms with Crippen molar-refractivity contribution in [2.24, 2.45) is 0 Å². The number of hydrogen-bond acceptors (Lipinski definition) is 4. The third-order valence-electron chi connectivity index (χ3n) is 2.83. The molecule has 104 valence electrons. The highest BCUT2D eigenvalue weighted by molar-refractivity contribution is 5.95. The van der Waals surface area contributed by atoms with Crippen molar-refractivity contribution in [1.82, 2.24) is 0 Å². The first kappa shape index (κ1) is 13.7. The zero-order valence-electron chi connectivity index (χ0n) is 11.0. The monoisotopic (exact) mass is 273 g/mol. The molecule has 2 aromatic rings. The molecule has 0 amide bonds. The maximum Gasteiger partial charge on any atom is 0.338 e. The van der Waals surface area contributed by atoms with Gasteiger partial charge in [0.05, 0.1) is 12.7 Å². The Hall–Kier alpha value is -2.69. The van der Waals surface area contributed by atoms with Gasteiger partial charge in [0.1, 0.15) is 18.1 Å². The summed E-state index contributed by atoms with van der Waals surface area (Å²) in [4.78, 5) is 11.2. The number of rotatable bonds is 5. The van der Waals surface area contributed by atoms with Crippen molar-refractivity contribution in [2.45, 2.75) is 6.61 Å². The Kier molecular flexibility index (Phi) is 4.10. The molecule has 0 spiro atoms. The van der Waals surface area contributed by atoms with Crippen molar-refractivity contribution >= 4 is 11.7 Å². The van der Waals surface area contributed by atoms with Crippen LogP contribution in [0.25, 0.3) is 0 Å². The second-order valence-corrected chi connectivity index (χ2v) is 4.15. The van der Waals surface area contributed by atoms with Crippen molar-refractivity contribution < 1.29 is 19.4 Å². The molecule has 0 saturated heterocycles. The standard InChI is InChI=1S/C15H15NO4/c1-19-11-5-3-6-12(8-11)20-9-10-4-2-7-13(16)14(10)15(17)18/h2-8H,9,16H2,1H3,(H,17,18). The molecule has 3 N–H and O–H groups in total. The average molecular weight is 273 g/mol. The number of carbonyl (C=O) groups is 1. The van der Waals surface area contributed by atoms with Crippen molar-refractivity contribution in [3.8, 4) is 11.5 Å². The molecule has 0 unspecified atom stereocenters. The Morgan fingerprint density at radius 1 is 1.20 bits per heavy atom. The van der Waals surface area contributed by atoms with E-state index < -0.39 is 5.97 Å². The number of carboxylic acid groups (broad SMARTS) is 1. The minimum absolute atomic E-state index is 0.0791. The van der Waals surface area contributed by atoms with Gasteiger partial charge in [0, 0.05) is 17.3 Å². The number of ether oxygens (including phenoxy) is 2. The first-order chi connectivity index (χ1) is 9.61. The van der Waals surface area contributed by atoms with Gasteiger partial charge in [-0.25, -0.2) is 4.79 Å². The summed E-state index contributed by atoms with van der Waals surface area (Å²) in [7, 11) is 1.57. The minimum atomic E-state index is -1.06. The predicted octanol–water partition coefficient (Wildman–Crippen LogP) is 2.55. The molecule has 0 heterocycles. The van der Waals surface area contributed by atoms with Crippen LogP contribution in [0.15, 0.2) is 42.5 Å². The lowest BCUT2D eigenvalue weighted by molar-refractivity contribution is 0.0695. The number of benzene rings is 2. The predicted molar refractivity (Wildman–Crippen MR) is 75.1 cm³/mol. The molecule has 0 aliphatic carbocycles. The molecule has 0 aliphatic heterocycles. The van der Waals surface area contributed by atoms with E-state index in [9.17, 15) is 9.90 Å². The van der Waals surface area contributed by atoms with Crippen molar-refractivity contribution in [3.63, 3.8) is 0 Å². The van der Waals surface area contributed by atoms with Crippen molar-refractivity contribution in [3.05, 3.63) is 53.6 Å². The van der Waals surface area contributed by atoms with Gasteiger partial charge in [-0.1, -0.05) is 18.2 Å². The fraction of sp³-hybridized carbons (Fsp3) is 0.133. The van der Waals surface area contributed by atoms with E-state index in [1.165, 1.54) is 0 Å². The second-order valence-electron chi connectivity index (χ2n) is 4.15. The quantitative estimate of drug-likeness (QED) is 0.818. The lowest BCUT2D eigenvalue weighted by atomic mass is 10.1. The van der Waals surface area contributed by atoms with Crippen LogP contribution in [-0.2, 0) is 6.61 Å². The summed E-state index contributed by atoms with van der Waals surface area (Å²) in [5.74, 6) is 0.212. The van der Waals surface area contributed by atoms with Gasteiger partial charge in [0.25, 0.3) is 0 Å². The molecule has 2 aromatic carbocycles. The van der Waals surface area contributed by atoms with Crippen LogP contribution >= 0.6 is 0 Å². The third-order valence-corrected chi connectivity index (χ3v) is 2.83. The van der Waals surface area contributed by atoms with Crippen LogP contribution in [0.2, 0.25) is 0 Å². The molecule has 5 nitrogen and oxygen atoms in total. The summed E-state index contributed by atoms with van der Waals surface area (Å²) in [5, 5.41) is 9.17. The zero-order valence-corrected chi connectivity index (χ0v) is 11.0. The maximum atomic E-state index is 11.2. The van der Waals surface area contributed by atoms with Crippen LogP contribution in [-0.4, -0.2) is 18.2 Å². The Morgan fingerprint density at radius 2 is 1.90 bits per heavy atom. The van der Waals surface area contributed by atoms with E-state index in [0.717, 1.165) is 0 Å². The number of hydrogen-bond donors (Lipinski definition) is 2. The molecular formula is C15H15NO4. The second kappa shape index (κ2) is 5.97. The van der Waals surface area contributed by atoms with Crippen LogP contribution in [0.4, 0.5) is 5.69 Å². The summed E-state index contributed by atoms with van der Waals surface area (Å²) < 4.78 is 10.7. The molecule has 0 aromatic heterocycles. The Balaban J connectivity index is 2.18. The molecule has 0 radical (unpaired) electrons. The van der Waals surface area contributed by atoms with Crippen LogP contribution in [0.3, 0.4) is 0 Å². The smallest absolute Gasteiger partial charge is 0.338 e. The number of carboxylic acids is 1. The molecule has 0 atom stereocenters. The highest BCUT2D eigenvalue weighted by Gasteiger charge is 2.13. The van der Waals surface area contributed by atoms with Crippen molar-refractivity contribution in [1.29, 1.82) is 0 Å². The average Bonchev–Trinajstić information content (AvgIpc) is 2.45. The summed E-state index contributed by atoms with van der Waals surface area (Å²) in [6.07, 6.45) is 0. The summed E-state index contributed by atoms with van der Waals surface area (Å²) >= 11 is 0. The topological polar surface area (TPSA) is 81.8 Å². The van der Waals surface area contributed by atoms with Gasteiger partial charge in [0.2, 0.25) is 0 Å². The molecular weight excluding hydrogens is 258 g/mol. The Bertz CT molecular complexity index is 625. The van der Waals surface area contributed by atoms with Gasteiger partial charge >= 0.3 is 5.97 Å². The van der Waals surface area contributed by atoms with E-state index in [1.807, 2.05) is 0 Å². The fourth-order valence-corrected chi connectivity index (χ4v) is 1.85. The SMILES string of the molecule is COc1cccc(OCc2cccc(N)c2C(=O)O)c1. The normalized spacial score (nSPS) is 10.1. The molecule has 20 heavy (non-hydrogen) atoms. The van der Waals surface area contributed by atoms with Gasteiger partial charge in [-0.15, -0.1) is 0 Å². The van der Waals surface area contributed by atoms with Crippen LogP contribution in [0, 0.1) is 0 Å². The highest BCUT2D eigenvalue weighted by Crippen LogP contribution is 2.22. The van der Waals surface area contributed by atoms with E-state index in [1.54, 1.807) is 49.6 Å². The lowest BCUT2D eigenvalue weighted by Crippen LogP contribution is -2.09. The summed E-state index contributed by atoms with van der Waals surface area (Å²) in [6.45, 7) is 0.125. The van der Waals surface area contributed by atoms with Crippen LogP contribution < -0.4 is 15.2 Å². The van der Waals surface area contributed by atoms with E-state index >= 15 is 0 Å². The van der Waals surface area contributed by atoms with E-state index in [4.69, 9.17) is 15.2 Å². The Morgan fingerprint density at radius 3 is 2.60 bits per heavy atom. The molecule has 0 bridgehead atoms. The number of nitrogen functional groups attached to an aromatic ring is 1. The van der Waals surface area contributed by atoms with Gasteiger partial charge < -0.3 is 20.3 Å². The summed E-state index contributed by atoms with van der Waals surface area (Å²) in [5.41, 5.74) is 6.51. The van der Waals surface area contributed by atoms with E-state index in [2.05, 4.69) is 0 Å². The van der Waals surface area contributed by atoms with E-state index in [-0.39, 0.29) is 17.9 Å². The van der Waals surface area contributed by atoms with Gasteiger partial charge in [0.15, 0.2) is 0 Å². The number of methoxy groups -OCH3 is 1. The van der Waals surface area contributed by atoms with Crippen LogP contribution in [0.5, 0.6) is 11.5 Å². The maximum absolute atomic E-state index is 11.2. The highest BCUT2D eigenvalue weighted by atomic mass is 16.5. The molecule has 2 rings (SSSR count). The van der Waals surface area contributed by atoms with Gasteiger partial charge in [-0.05, 0) is 18.2 Å².